The number of carbonyl (C=O) groups is 2. The maximum Gasteiger partial charge on any atom is 0.249 e. The minimum Gasteiger partial charge on any atom is -0.490 e. The number of carbonyl (C=O) groups excluding carboxylic acids is 2. The molecule has 1 heterocycles. The van der Waals surface area contributed by atoms with Crippen molar-refractivity contribution in [2.45, 2.75) is 52.7 Å². The Kier molecular flexibility index (Phi) is 12.2. The minimum absolute atomic E-state index is 0.0152. The molecular formula is C30H37ClN4O4. The average molecular weight is 553 g/mol. The van der Waals surface area contributed by atoms with Gasteiger partial charge in [-0.3, -0.25) is 9.59 Å². The van der Waals surface area contributed by atoms with Gasteiger partial charge in [0.05, 0.1) is 5.57 Å². The Morgan fingerprint density at radius 2 is 1.92 bits per heavy atom. The number of hydrogen-bond acceptors (Lipinski definition) is 7. The topological polar surface area (TPSA) is 123 Å². The molecule has 9 heteroatoms. The van der Waals surface area contributed by atoms with E-state index >= 15 is 0 Å². The van der Waals surface area contributed by atoms with Crippen LogP contribution in [-0.4, -0.2) is 48.6 Å². The van der Waals surface area contributed by atoms with Crippen molar-refractivity contribution in [1.29, 1.82) is 5.26 Å². The van der Waals surface area contributed by atoms with E-state index in [0.29, 0.717) is 44.5 Å². The maximum absolute atomic E-state index is 13.4. The van der Waals surface area contributed by atoms with Crippen LogP contribution in [0, 0.1) is 11.3 Å². The monoisotopic (exact) mass is 552 g/mol. The fourth-order valence-electron chi connectivity index (χ4n) is 4.39. The summed E-state index contributed by atoms with van der Waals surface area (Å²) in [6.45, 7) is 12.8. The van der Waals surface area contributed by atoms with Crippen molar-refractivity contribution in [3.05, 3.63) is 93.5 Å². The molecule has 1 amide bonds. The lowest BCUT2D eigenvalue weighted by molar-refractivity contribution is -0.117. The lowest BCUT2D eigenvalue weighted by Gasteiger charge is -2.31. The molecule has 4 N–H and O–H groups in total. The first kappa shape index (κ1) is 31.6. The van der Waals surface area contributed by atoms with E-state index in [2.05, 4.69) is 22.5 Å². The molecule has 1 aliphatic rings. The molecule has 208 valence electrons. The highest BCUT2D eigenvalue weighted by molar-refractivity contribution is 6.31. The van der Waals surface area contributed by atoms with Gasteiger partial charge in [-0.1, -0.05) is 42.5 Å². The quantitative estimate of drug-likeness (QED) is 0.164. The van der Waals surface area contributed by atoms with E-state index in [1.807, 2.05) is 32.0 Å². The summed E-state index contributed by atoms with van der Waals surface area (Å²) in [5, 5.41) is 29.3. The van der Waals surface area contributed by atoms with Crippen LogP contribution in [0.3, 0.4) is 0 Å². The Morgan fingerprint density at radius 3 is 2.51 bits per heavy atom. The van der Waals surface area contributed by atoms with Gasteiger partial charge >= 0.3 is 0 Å². The molecule has 2 rings (SSSR count). The zero-order valence-electron chi connectivity index (χ0n) is 23.1. The molecule has 3 atom stereocenters. The van der Waals surface area contributed by atoms with E-state index in [1.54, 1.807) is 32.1 Å². The zero-order chi connectivity index (χ0) is 29.1. The second kappa shape index (κ2) is 15.1. The molecule has 0 bridgehead atoms. The number of dihydropyridines is 1. The Labute approximate surface area is 235 Å². The SMILES string of the molecule is C=C/C=C(C#N)\C(=C/C)OCC(O)CNC(C)CNC(=O)C1=C(C)NC(C)=C(C(C)=O)C1c1ccccc1Cl. The summed E-state index contributed by atoms with van der Waals surface area (Å²) in [6, 6.07) is 9.06. The predicted molar refractivity (Wildman–Crippen MR) is 153 cm³/mol. The first-order valence-electron chi connectivity index (χ1n) is 12.7. The van der Waals surface area contributed by atoms with Gasteiger partial charge in [-0.2, -0.15) is 5.26 Å². The lowest BCUT2D eigenvalue weighted by atomic mass is 9.78. The van der Waals surface area contributed by atoms with E-state index in [9.17, 15) is 20.0 Å². The zero-order valence-corrected chi connectivity index (χ0v) is 23.9. The van der Waals surface area contributed by atoms with Crippen LogP contribution in [0.25, 0.3) is 0 Å². The van der Waals surface area contributed by atoms with Crippen LogP contribution < -0.4 is 16.0 Å². The first-order valence-corrected chi connectivity index (χ1v) is 13.1. The van der Waals surface area contributed by atoms with E-state index < -0.39 is 12.0 Å². The summed E-state index contributed by atoms with van der Waals surface area (Å²) in [5.41, 5.74) is 3.27. The highest BCUT2D eigenvalue weighted by Crippen LogP contribution is 2.41. The number of aliphatic hydroxyl groups is 1. The molecule has 0 saturated heterocycles. The van der Waals surface area contributed by atoms with E-state index in [4.69, 9.17) is 16.3 Å². The number of halogens is 1. The molecule has 0 aromatic heterocycles. The third-order valence-electron chi connectivity index (χ3n) is 6.24. The van der Waals surface area contributed by atoms with Gasteiger partial charge in [-0.05, 0) is 58.4 Å². The van der Waals surface area contributed by atoms with Crippen LogP contribution in [0.4, 0.5) is 0 Å². The number of Topliss-reactive ketones (excluding diaryl/α,β-unsaturated/α-hetero) is 1. The maximum atomic E-state index is 13.4. The van der Waals surface area contributed by atoms with Gasteiger partial charge < -0.3 is 25.8 Å². The van der Waals surface area contributed by atoms with E-state index in [-0.39, 0.29) is 37.4 Å². The van der Waals surface area contributed by atoms with Gasteiger partial charge in [0, 0.05) is 52.6 Å². The molecule has 39 heavy (non-hydrogen) atoms. The van der Waals surface area contributed by atoms with Gasteiger partial charge in [0.1, 0.15) is 24.5 Å². The highest BCUT2D eigenvalue weighted by Gasteiger charge is 2.36. The largest absolute Gasteiger partial charge is 0.490 e. The third kappa shape index (κ3) is 8.42. The van der Waals surface area contributed by atoms with Crippen molar-refractivity contribution in [2.24, 2.45) is 0 Å². The summed E-state index contributed by atoms with van der Waals surface area (Å²) in [7, 11) is 0. The smallest absolute Gasteiger partial charge is 0.249 e. The summed E-state index contributed by atoms with van der Waals surface area (Å²) < 4.78 is 5.59. The van der Waals surface area contributed by atoms with Crippen LogP contribution >= 0.6 is 11.6 Å². The number of ketones is 1. The highest BCUT2D eigenvalue weighted by atomic mass is 35.5. The molecule has 0 radical (unpaired) electrons. The van der Waals surface area contributed by atoms with Crippen molar-refractivity contribution < 1.29 is 19.4 Å². The molecule has 0 spiro atoms. The average Bonchev–Trinajstić information content (AvgIpc) is 2.89. The van der Waals surface area contributed by atoms with Crippen molar-refractivity contribution in [3.63, 3.8) is 0 Å². The fourth-order valence-corrected chi connectivity index (χ4v) is 4.63. The number of benzene rings is 1. The van der Waals surface area contributed by atoms with Crippen molar-refractivity contribution in [3.8, 4) is 6.07 Å². The Hall–Kier alpha value is -3.64. The number of nitrogens with zero attached hydrogens (tertiary/aromatic N) is 1. The normalized spacial score (nSPS) is 17.6. The van der Waals surface area contributed by atoms with Gasteiger partial charge in [-0.15, -0.1) is 0 Å². The van der Waals surface area contributed by atoms with Gasteiger partial charge in [0.25, 0.3) is 0 Å². The number of rotatable bonds is 13. The van der Waals surface area contributed by atoms with Crippen molar-refractivity contribution in [1.82, 2.24) is 16.0 Å². The molecule has 0 aliphatic carbocycles. The Balaban J connectivity index is 2.04. The van der Waals surface area contributed by atoms with Gasteiger partial charge in [-0.25, -0.2) is 0 Å². The number of allylic oxidation sites excluding steroid dienone is 7. The van der Waals surface area contributed by atoms with Crippen molar-refractivity contribution >= 4 is 23.3 Å². The lowest BCUT2D eigenvalue weighted by Crippen LogP contribution is -2.44. The number of nitriles is 1. The summed E-state index contributed by atoms with van der Waals surface area (Å²) >= 11 is 6.51. The predicted octanol–water partition coefficient (Wildman–Crippen LogP) is 4.18. The standard InChI is InChI=1S/C30H37ClN4O4/c1-7-11-22(14-32)26(8-2)39-17-23(37)16-33-18(3)15-34-30(38)28-20(5)35-19(4)27(21(6)36)29(28)24-12-9-10-13-25(24)31/h7-13,18,23,29,33,35,37H,1,15-17H2,2-6H3,(H,34,38)/b22-11-,26-8+. The van der Waals surface area contributed by atoms with Crippen LogP contribution in [0.15, 0.2) is 82.9 Å². The second-order valence-corrected chi connectivity index (χ2v) is 9.69. The molecule has 1 aromatic carbocycles. The summed E-state index contributed by atoms with van der Waals surface area (Å²) in [5.74, 6) is -0.695. The Bertz CT molecular complexity index is 1260. The molecule has 0 saturated carbocycles. The summed E-state index contributed by atoms with van der Waals surface area (Å²) in [4.78, 5) is 26.1. The molecule has 0 fully saturated rings. The number of amides is 1. The van der Waals surface area contributed by atoms with E-state index in [0.717, 1.165) is 0 Å². The van der Waals surface area contributed by atoms with E-state index in [1.165, 1.54) is 19.1 Å². The van der Waals surface area contributed by atoms with Crippen LogP contribution in [0.2, 0.25) is 5.02 Å². The second-order valence-electron chi connectivity index (χ2n) is 9.28. The minimum atomic E-state index is -0.842. The van der Waals surface area contributed by atoms with Crippen LogP contribution in [0.1, 0.15) is 46.1 Å². The van der Waals surface area contributed by atoms with Crippen LogP contribution in [-0.2, 0) is 14.3 Å². The van der Waals surface area contributed by atoms with Crippen LogP contribution in [0.5, 0.6) is 0 Å². The summed E-state index contributed by atoms with van der Waals surface area (Å²) in [6.07, 6.45) is 3.84. The number of nitrogens with one attached hydrogen (secondary N) is 3. The van der Waals surface area contributed by atoms with Crippen molar-refractivity contribution in [2.75, 3.05) is 19.7 Å². The number of hydrogen-bond donors (Lipinski definition) is 4. The molecular weight excluding hydrogens is 516 g/mol. The molecule has 3 unspecified atom stereocenters. The molecule has 1 aliphatic heterocycles. The first-order chi connectivity index (χ1) is 18.5. The molecule has 8 nitrogen and oxygen atoms in total. The Morgan fingerprint density at radius 1 is 1.26 bits per heavy atom. The third-order valence-corrected chi connectivity index (χ3v) is 6.58. The van der Waals surface area contributed by atoms with Gasteiger partial charge in [0.2, 0.25) is 5.91 Å². The molecule has 1 aromatic rings. The number of ether oxygens (including phenoxy) is 1. The fraction of sp³-hybridized carbons (Fsp3) is 0.367. The number of aliphatic hydroxyl groups excluding tert-OH is 1. The van der Waals surface area contributed by atoms with Gasteiger partial charge in [0.15, 0.2) is 5.78 Å².